The summed E-state index contributed by atoms with van der Waals surface area (Å²) in [5.41, 5.74) is 1.41. The Balaban J connectivity index is 1.50. The van der Waals surface area contributed by atoms with Crippen LogP contribution in [0.4, 0.5) is 5.69 Å². The van der Waals surface area contributed by atoms with Crippen molar-refractivity contribution < 1.29 is 27.1 Å². The largest absolute Gasteiger partial charge is 0.497 e. The van der Waals surface area contributed by atoms with Crippen LogP contribution in [0.5, 0.6) is 5.75 Å². The summed E-state index contributed by atoms with van der Waals surface area (Å²) in [5, 5.41) is 0. The number of esters is 1. The summed E-state index contributed by atoms with van der Waals surface area (Å²) in [6, 6.07) is 11.9. The van der Waals surface area contributed by atoms with Crippen LogP contribution in [0.2, 0.25) is 0 Å². The lowest BCUT2D eigenvalue weighted by Crippen LogP contribution is -2.48. The molecular formula is C23H27N3O7S. The number of rotatable bonds is 8. The van der Waals surface area contributed by atoms with Crippen LogP contribution < -0.4 is 15.4 Å². The van der Waals surface area contributed by atoms with Gasteiger partial charge >= 0.3 is 11.7 Å². The maximum absolute atomic E-state index is 13.2. The number of methoxy groups -OCH3 is 1. The maximum atomic E-state index is 13.2. The molecule has 0 spiro atoms. The minimum absolute atomic E-state index is 0.0317. The summed E-state index contributed by atoms with van der Waals surface area (Å²) in [7, 11) is -2.19. The van der Waals surface area contributed by atoms with E-state index in [0.717, 1.165) is 16.0 Å². The van der Waals surface area contributed by atoms with Crippen LogP contribution in [-0.2, 0) is 26.1 Å². The van der Waals surface area contributed by atoms with E-state index in [1.807, 2.05) is 31.2 Å². The Labute approximate surface area is 197 Å². The van der Waals surface area contributed by atoms with Gasteiger partial charge in [0.1, 0.15) is 12.3 Å². The zero-order valence-electron chi connectivity index (χ0n) is 19.1. The van der Waals surface area contributed by atoms with E-state index < -0.39 is 21.7 Å². The molecule has 0 N–H and O–H groups in total. The van der Waals surface area contributed by atoms with Gasteiger partial charge in [0.2, 0.25) is 10.0 Å². The molecular weight excluding hydrogens is 462 g/mol. The van der Waals surface area contributed by atoms with Crippen LogP contribution in [0.15, 0.2) is 56.6 Å². The van der Waals surface area contributed by atoms with E-state index in [4.69, 9.17) is 13.9 Å². The van der Waals surface area contributed by atoms with Crippen LogP contribution in [0.3, 0.4) is 0 Å². The normalized spacial score (nSPS) is 14.9. The van der Waals surface area contributed by atoms with Crippen LogP contribution in [-0.4, -0.2) is 63.2 Å². The van der Waals surface area contributed by atoms with Crippen molar-refractivity contribution in [3.05, 3.63) is 53.0 Å². The molecule has 0 saturated carbocycles. The highest BCUT2D eigenvalue weighted by molar-refractivity contribution is 7.89. The number of piperazine rings is 1. The van der Waals surface area contributed by atoms with Crippen LogP contribution in [0.25, 0.3) is 11.1 Å². The van der Waals surface area contributed by atoms with Gasteiger partial charge in [0.25, 0.3) is 0 Å². The van der Waals surface area contributed by atoms with Crippen molar-refractivity contribution in [2.24, 2.45) is 0 Å². The van der Waals surface area contributed by atoms with Gasteiger partial charge < -0.3 is 18.8 Å². The molecule has 0 unspecified atom stereocenters. The highest BCUT2D eigenvalue weighted by atomic mass is 32.2. The SMILES string of the molecule is CCCOC(=O)Cn1c(=O)oc2cc(S(=O)(=O)N3CCN(c4cccc(OC)c4)CC3)ccc21. The molecule has 3 aromatic rings. The third kappa shape index (κ3) is 4.80. The number of sulfonamides is 1. The molecule has 1 saturated heterocycles. The number of carbonyl (C=O) groups is 1. The van der Waals surface area contributed by atoms with Crippen molar-refractivity contribution in [3.63, 3.8) is 0 Å². The molecule has 1 fully saturated rings. The molecule has 0 aliphatic carbocycles. The van der Waals surface area contributed by atoms with Crippen molar-refractivity contribution in [2.45, 2.75) is 24.8 Å². The Hall–Kier alpha value is -3.31. The molecule has 11 heteroatoms. The Kier molecular flexibility index (Phi) is 6.94. The number of hydrogen-bond donors (Lipinski definition) is 0. The van der Waals surface area contributed by atoms with Crippen LogP contribution in [0.1, 0.15) is 13.3 Å². The summed E-state index contributed by atoms with van der Waals surface area (Å²) >= 11 is 0. The standard InChI is InChI=1S/C23H27N3O7S/c1-3-13-32-22(27)16-26-20-8-7-19(15-21(20)33-23(26)28)34(29,30)25-11-9-24(10-12-25)17-5-4-6-18(14-17)31-2/h4-8,14-15H,3,9-13,16H2,1-2H3. The molecule has 10 nitrogen and oxygen atoms in total. The number of ether oxygens (including phenoxy) is 2. The molecule has 2 heterocycles. The summed E-state index contributed by atoms with van der Waals surface area (Å²) < 4.78 is 44.6. The Morgan fingerprint density at radius 2 is 1.85 bits per heavy atom. The highest BCUT2D eigenvalue weighted by Gasteiger charge is 2.29. The second kappa shape index (κ2) is 9.90. The average Bonchev–Trinajstić information content (AvgIpc) is 3.16. The number of carbonyl (C=O) groups excluding carboxylic acids is 1. The molecule has 2 aromatic carbocycles. The van der Waals surface area contributed by atoms with E-state index in [-0.39, 0.29) is 23.6 Å². The van der Waals surface area contributed by atoms with Gasteiger partial charge in [-0.15, -0.1) is 0 Å². The monoisotopic (exact) mass is 489 g/mol. The molecule has 0 atom stereocenters. The molecule has 4 rings (SSSR count). The highest BCUT2D eigenvalue weighted by Crippen LogP contribution is 2.26. The topological polar surface area (TPSA) is 111 Å². The molecule has 1 aliphatic heterocycles. The third-order valence-corrected chi connectivity index (χ3v) is 7.58. The number of nitrogens with zero attached hydrogens (tertiary/aromatic N) is 3. The van der Waals surface area contributed by atoms with Crippen LogP contribution >= 0.6 is 0 Å². The van der Waals surface area contributed by atoms with Crippen molar-refractivity contribution in [1.29, 1.82) is 0 Å². The maximum Gasteiger partial charge on any atom is 0.420 e. The summed E-state index contributed by atoms with van der Waals surface area (Å²) in [6.45, 7) is 3.51. The third-order valence-electron chi connectivity index (χ3n) is 5.69. The van der Waals surface area contributed by atoms with Gasteiger partial charge in [0.05, 0.1) is 24.1 Å². The van der Waals surface area contributed by atoms with Gasteiger partial charge in [-0.3, -0.25) is 9.36 Å². The van der Waals surface area contributed by atoms with E-state index >= 15 is 0 Å². The van der Waals surface area contributed by atoms with Gasteiger partial charge in [-0.05, 0) is 30.7 Å². The van der Waals surface area contributed by atoms with E-state index in [1.165, 1.54) is 22.5 Å². The van der Waals surface area contributed by atoms with E-state index in [0.29, 0.717) is 38.1 Å². The first kappa shape index (κ1) is 23.8. The van der Waals surface area contributed by atoms with Crippen molar-refractivity contribution in [2.75, 3.05) is 44.8 Å². The second-order valence-electron chi connectivity index (χ2n) is 7.90. The van der Waals surface area contributed by atoms with E-state index in [1.54, 1.807) is 7.11 Å². The Morgan fingerprint density at radius 1 is 1.09 bits per heavy atom. The molecule has 182 valence electrons. The molecule has 0 bridgehead atoms. The van der Waals surface area contributed by atoms with Gasteiger partial charge in [0, 0.05) is 44.0 Å². The Bertz CT molecular complexity index is 1340. The molecule has 1 aliphatic rings. The average molecular weight is 490 g/mol. The number of anilines is 1. The van der Waals surface area contributed by atoms with Gasteiger partial charge in [-0.1, -0.05) is 13.0 Å². The van der Waals surface area contributed by atoms with Crippen molar-refractivity contribution >= 4 is 32.8 Å². The number of aromatic nitrogens is 1. The first-order valence-corrected chi connectivity index (χ1v) is 12.5. The molecule has 0 amide bonds. The Morgan fingerprint density at radius 3 is 2.56 bits per heavy atom. The smallest absolute Gasteiger partial charge is 0.420 e. The van der Waals surface area contributed by atoms with Gasteiger partial charge in [-0.2, -0.15) is 4.31 Å². The first-order chi connectivity index (χ1) is 16.3. The summed E-state index contributed by atoms with van der Waals surface area (Å²) in [5.74, 6) is -0.560. The molecule has 0 radical (unpaired) electrons. The van der Waals surface area contributed by atoms with E-state index in [2.05, 4.69) is 4.90 Å². The minimum atomic E-state index is -3.79. The fourth-order valence-electron chi connectivity index (χ4n) is 3.89. The van der Waals surface area contributed by atoms with E-state index in [9.17, 15) is 18.0 Å². The fraction of sp³-hybridized carbons (Fsp3) is 0.391. The number of benzene rings is 2. The van der Waals surface area contributed by atoms with Crippen molar-refractivity contribution in [3.8, 4) is 5.75 Å². The summed E-state index contributed by atoms with van der Waals surface area (Å²) in [6.07, 6.45) is 0.668. The van der Waals surface area contributed by atoms with Gasteiger partial charge in [0.15, 0.2) is 5.58 Å². The quantitative estimate of drug-likeness (QED) is 0.442. The first-order valence-electron chi connectivity index (χ1n) is 11.0. The fourth-order valence-corrected chi connectivity index (χ4v) is 5.33. The summed E-state index contributed by atoms with van der Waals surface area (Å²) in [4.78, 5) is 26.3. The van der Waals surface area contributed by atoms with Crippen LogP contribution in [0, 0.1) is 0 Å². The lowest BCUT2D eigenvalue weighted by atomic mass is 10.2. The predicted molar refractivity (Wildman–Crippen MR) is 126 cm³/mol. The zero-order chi connectivity index (χ0) is 24.3. The lowest BCUT2D eigenvalue weighted by molar-refractivity contribution is -0.144. The zero-order valence-corrected chi connectivity index (χ0v) is 19.9. The second-order valence-corrected chi connectivity index (χ2v) is 9.83. The molecule has 34 heavy (non-hydrogen) atoms. The number of hydrogen-bond acceptors (Lipinski definition) is 8. The number of oxazole rings is 1. The predicted octanol–water partition coefficient (Wildman–Crippen LogP) is 2.07. The van der Waals surface area contributed by atoms with Gasteiger partial charge in [-0.25, -0.2) is 13.2 Å². The minimum Gasteiger partial charge on any atom is -0.497 e. The number of fused-ring (bicyclic) bond motifs is 1. The van der Waals surface area contributed by atoms with Crippen molar-refractivity contribution in [1.82, 2.24) is 8.87 Å². The molecule has 1 aromatic heterocycles. The lowest BCUT2D eigenvalue weighted by Gasteiger charge is -2.35.